The number of nitrogens with zero attached hydrogens (tertiary/aromatic N) is 3. The molecule has 1 aliphatic rings. The summed E-state index contributed by atoms with van der Waals surface area (Å²) in [5, 5.41) is 6.70. The zero-order chi connectivity index (χ0) is 11.8. The Hall–Kier alpha value is -2.24. The quantitative estimate of drug-likeness (QED) is 0.807. The van der Waals surface area contributed by atoms with Gasteiger partial charge in [-0.1, -0.05) is 12.1 Å². The number of carbonyl (C=O) groups excluding carboxylic acids is 1. The van der Waals surface area contributed by atoms with Crippen molar-refractivity contribution in [3.63, 3.8) is 0 Å². The summed E-state index contributed by atoms with van der Waals surface area (Å²) in [5.41, 5.74) is 0.841. The van der Waals surface area contributed by atoms with Crippen LogP contribution in [0.15, 0.2) is 30.6 Å². The van der Waals surface area contributed by atoms with Crippen molar-refractivity contribution in [1.29, 1.82) is 0 Å². The molecule has 0 saturated heterocycles. The number of nitrogens with one attached hydrogen (secondary N) is 1. The van der Waals surface area contributed by atoms with Crippen molar-refractivity contribution in [2.45, 2.75) is 12.5 Å². The number of rotatable bonds is 1. The maximum atomic E-state index is 12.9. The van der Waals surface area contributed by atoms with E-state index in [0.29, 0.717) is 5.95 Å². The van der Waals surface area contributed by atoms with E-state index >= 15 is 0 Å². The topological polar surface area (TPSA) is 59.8 Å². The van der Waals surface area contributed by atoms with Gasteiger partial charge in [0.15, 0.2) is 0 Å². The molecule has 0 fully saturated rings. The summed E-state index contributed by atoms with van der Waals surface area (Å²) in [6, 6.07) is 5.84. The summed E-state index contributed by atoms with van der Waals surface area (Å²) in [6.45, 7) is 0. The van der Waals surface area contributed by atoms with Crippen LogP contribution < -0.4 is 5.32 Å². The second-order valence-corrected chi connectivity index (χ2v) is 3.85. The molecule has 6 heteroatoms. The SMILES string of the molecule is O=C1C[C@@H](c2ccc(F)cc2)n2ncnc2N1. The molecule has 2 heterocycles. The normalized spacial score (nSPS) is 18.6. The predicted molar refractivity (Wildman–Crippen MR) is 57.8 cm³/mol. The minimum Gasteiger partial charge on any atom is -0.295 e. The Labute approximate surface area is 96.3 Å². The minimum atomic E-state index is -0.298. The number of amides is 1. The second-order valence-electron chi connectivity index (χ2n) is 3.85. The number of benzene rings is 1. The molecule has 0 unspecified atom stereocenters. The van der Waals surface area contributed by atoms with Crippen molar-refractivity contribution in [2.24, 2.45) is 0 Å². The number of halogens is 1. The minimum absolute atomic E-state index is 0.111. The first kappa shape index (κ1) is 9.95. The number of hydrogen-bond donors (Lipinski definition) is 1. The fraction of sp³-hybridized carbons (Fsp3) is 0.182. The summed E-state index contributed by atoms with van der Waals surface area (Å²) < 4.78 is 14.5. The van der Waals surface area contributed by atoms with Crippen LogP contribution in [-0.4, -0.2) is 20.7 Å². The molecule has 86 valence electrons. The van der Waals surface area contributed by atoms with Gasteiger partial charge >= 0.3 is 0 Å². The van der Waals surface area contributed by atoms with Crippen molar-refractivity contribution in [2.75, 3.05) is 5.32 Å². The first-order chi connectivity index (χ1) is 8.24. The molecule has 2 aromatic rings. The molecule has 17 heavy (non-hydrogen) atoms. The Morgan fingerprint density at radius 3 is 2.88 bits per heavy atom. The number of hydrogen-bond acceptors (Lipinski definition) is 3. The third-order valence-corrected chi connectivity index (χ3v) is 2.75. The lowest BCUT2D eigenvalue weighted by Crippen LogP contribution is -2.29. The van der Waals surface area contributed by atoms with E-state index in [1.165, 1.54) is 18.5 Å². The summed E-state index contributed by atoms with van der Waals surface area (Å²) in [5.74, 6) is 0.0169. The number of carbonyl (C=O) groups is 1. The Bertz CT molecular complexity index is 563. The van der Waals surface area contributed by atoms with Gasteiger partial charge in [-0.2, -0.15) is 10.1 Å². The van der Waals surface area contributed by atoms with Crippen LogP contribution in [0.1, 0.15) is 18.0 Å². The fourth-order valence-electron chi connectivity index (χ4n) is 1.95. The van der Waals surface area contributed by atoms with Gasteiger partial charge in [-0.3, -0.25) is 10.1 Å². The van der Waals surface area contributed by atoms with Crippen LogP contribution in [0.5, 0.6) is 0 Å². The Balaban J connectivity index is 2.04. The highest BCUT2D eigenvalue weighted by Crippen LogP contribution is 2.27. The van der Waals surface area contributed by atoms with E-state index in [2.05, 4.69) is 15.4 Å². The molecule has 1 aromatic carbocycles. The highest BCUT2D eigenvalue weighted by Gasteiger charge is 2.27. The van der Waals surface area contributed by atoms with Crippen molar-refractivity contribution in [1.82, 2.24) is 14.8 Å². The van der Waals surface area contributed by atoms with Crippen LogP contribution in [0.3, 0.4) is 0 Å². The molecule has 1 N–H and O–H groups in total. The maximum absolute atomic E-state index is 12.9. The van der Waals surface area contributed by atoms with Gasteiger partial charge in [0, 0.05) is 0 Å². The summed E-state index contributed by atoms with van der Waals surface area (Å²) >= 11 is 0. The maximum Gasteiger partial charge on any atom is 0.229 e. The van der Waals surface area contributed by atoms with Gasteiger partial charge in [0.2, 0.25) is 11.9 Å². The lowest BCUT2D eigenvalue weighted by atomic mass is 10.0. The van der Waals surface area contributed by atoms with Gasteiger partial charge in [-0.05, 0) is 17.7 Å². The zero-order valence-electron chi connectivity index (χ0n) is 8.80. The lowest BCUT2D eigenvalue weighted by molar-refractivity contribution is -0.117. The Morgan fingerprint density at radius 1 is 1.35 bits per heavy atom. The molecule has 0 saturated carbocycles. The number of aromatic nitrogens is 3. The molecule has 1 amide bonds. The van der Waals surface area contributed by atoms with Gasteiger partial charge in [0.1, 0.15) is 12.1 Å². The van der Waals surface area contributed by atoms with Crippen molar-refractivity contribution >= 4 is 11.9 Å². The van der Waals surface area contributed by atoms with Crippen LogP contribution in [0, 0.1) is 5.82 Å². The van der Waals surface area contributed by atoms with Crippen molar-refractivity contribution < 1.29 is 9.18 Å². The monoisotopic (exact) mass is 232 g/mol. The van der Waals surface area contributed by atoms with E-state index < -0.39 is 0 Å². The molecule has 0 spiro atoms. The molecule has 1 aliphatic heterocycles. The highest BCUT2D eigenvalue weighted by molar-refractivity contribution is 5.91. The van der Waals surface area contributed by atoms with E-state index in [1.54, 1.807) is 16.8 Å². The molecule has 1 atom stereocenters. The van der Waals surface area contributed by atoms with Gasteiger partial charge in [0.05, 0.1) is 12.5 Å². The highest BCUT2D eigenvalue weighted by atomic mass is 19.1. The van der Waals surface area contributed by atoms with Crippen LogP contribution in [0.2, 0.25) is 0 Å². The van der Waals surface area contributed by atoms with Crippen LogP contribution in [0.25, 0.3) is 0 Å². The smallest absolute Gasteiger partial charge is 0.229 e. The Morgan fingerprint density at radius 2 is 2.12 bits per heavy atom. The third-order valence-electron chi connectivity index (χ3n) is 2.75. The van der Waals surface area contributed by atoms with Gasteiger partial charge in [0.25, 0.3) is 0 Å². The molecular formula is C11H9FN4O. The van der Waals surface area contributed by atoms with E-state index in [4.69, 9.17) is 0 Å². The molecule has 5 nitrogen and oxygen atoms in total. The van der Waals surface area contributed by atoms with Crippen LogP contribution in [-0.2, 0) is 4.79 Å². The van der Waals surface area contributed by atoms with Crippen LogP contribution >= 0.6 is 0 Å². The molecule has 1 aromatic heterocycles. The largest absolute Gasteiger partial charge is 0.295 e. The first-order valence-electron chi connectivity index (χ1n) is 5.19. The van der Waals surface area contributed by atoms with E-state index in [0.717, 1.165) is 5.56 Å². The molecule has 0 radical (unpaired) electrons. The average Bonchev–Trinajstić information content (AvgIpc) is 2.77. The molecule has 0 aliphatic carbocycles. The fourth-order valence-corrected chi connectivity index (χ4v) is 1.95. The summed E-state index contributed by atoms with van der Waals surface area (Å²) in [7, 11) is 0. The predicted octanol–water partition coefficient (Wildman–Crippen LogP) is 1.35. The number of fused-ring (bicyclic) bond motifs is 1. The van der Waals surface area contributed by atoms with E-state index in [9.17, 15) is 9.18 Å². The Kier molecular flexibility index (Phi) is 2.14. The lowest BCUT2D eigenvalue weighted by Gasteiger charge is -2.23. The van der Waals surface area contributed by atoms with E-state index in [1.807, 2.05) is 0 Å². The summed E-state index contributed by atoms with van der Waals surface area (Å²) in [4.78, 5) is 15.5. The summed E-state index contributed by atoms with van der Waals surface area (Å²) in [6.07, 6.45) is 1.67. The van der Waals surface area contributed by atoms with E-state index in [-0.39, 0.29) is 24.2 Å². The zero-order valence-corrected chi connectivity index (χ0v) is 8.80. The van der Waals surface area contributed by atoms with Gasteiger partial charge in [-0.25, -0.2) is 9.07 Å². The molecule has 3 rings (SSSR count). The molecular weight excluding hydrogens is 223 g/mol. The van der Waals surface area contributed by atoms with Gasteiger partial charge in [-0.15, -0.1) is 0 Å². The number of anilines is 1. The third kappa shape index (κ3) is 1.67. The average molecular weight is 232 g/mol. The second kappa shape index (κ2) is 3.65. The van der Waals surface area contributed by atoms with Crippen molar-refractivity contribution in [3.8, 4) is 0 Å². The first-order valence-corrected chi connectivity index (χ1v) is 5.19. The van der Waals surface area contributed by atoms with Crippen LogP contribution in [0.4, 0.5) is 10.3 Å². The van der Waals surface area contributed by atoms with Crippen molar-refractivity contribution in [3.05, 3.63) is 42.0 Å². The van der Waals surface area contributed by atoms with Gasteiger partial charge < -0.3 is 0 Å². The standard InChI is InChI=1S/C11H9FN4O/c12-8-3-1-7(2-4-8)9-5-10(17)15-11-13-6-14-16(9)11/h1-4,6,9H,5H2,(H,13,14,15,17)/t9-/m0/s1. The molecule has 0 bridgehead atoms.